The van der Waals surface area contributed by atoms with E-state index in [2.05, 4.69) is 4.72 Å². The molecule has 1 aliphatic heterocycles. The van der Waals surface area contributed by atoms with E-state index in [4.69, 9.17) is 14.2 Å². The highest BCUT2D eigenvalue weighted by molar-refractivity contribution is 7.92. The molecule has 0 fully saturated rings. The molecule has 0 aromatic heterocycles. The van der Waals surface area contributed by atoms with Crippen molar-refractivity contribution in [1.29, 1.82) is 0 Å². The largest absolute Gasteiger partial charge is 0.486 e. The number of halogens is 1. The molecule has 0 spiro atoms. The maximum atomic E-state index is 13.6. The van der Waals surface area contributed by atoms with E-state index in [0.717, 1.165) is 0 Å². The molecule has 0 atom stereocenters. The fourth-order valence-corrected chi connectivity index (χ4v) is 3.99. The summed E-state index contributed by atoms with van der Waals surface area (Å²) >= 11 is 0. The highest BCUT2D eigenvalue weighted by Crippen LogP contribution is 2.32. The molecule has 1 N–H and O–H groups in total. The Bertz CT molecular complexity index is 1210. The van der Waals surface area contributed by atoms with Gasteiger partial charge in [0, 0.05) is 17.3 Å². The SMILES string of the molecule is O=C(OCc1ccccc1F)c1ccc(NS(=O)(=O)c2ccc3c(c2)OCCO3)cc1. The number of anilines is 1. The predicted molar refractivity (Wildman–Crippen MR) is 110 cm³/mol. The second-order valence-corrected chi connectivity index (χ2v) is 8.34. The van der Waals surface area contributed by atoms with Gasteiger partial charge in [-0.2, -0.15) is 0 Å². The molecule has 0 unspecified atom stereocenters. The van der Waals surface area contributed by atoms with Gasteiger partial charge in [0.25, 0.3) is 10.0 Å². The third-order valence-corrected chi connectivity index (χ3v) is 5.89. The monoisotopic (exact) mass is 443 g/mol. The average molecular weight is 443 g/mol. The van der Waals surface area contributed by atoms with E-state index in [9.17, 15) is 17.6 Å². The maximum absolute atomic E-state index is 13.6. The molecule has 0 bridgehead atoms. The zero-order chi connectivity index (χ0) is 21.8. The van der Waals surface area contributed by atoms with Crippen molar-refractivity contribution in [1.82, 2.24) is 0 Å². The molecular formula is C22H18FNO6S. The van der Waals surface area contributed by atoms with Gasteiger partial charge in [-0.25, -0.2) is 17.6 Å². The number of benzene rings is 3. The molecule has 0 radical (unpaired) electrons. The molecule has 160 valence electrons. The minimum Gasteiger partial charge on any atom is -0.486 e. The summed E-state index contributed by atoms with van der Waals surface area (Å²) in [7, 11) is -3.87. The predicted octanol–water partition coefficient (Wildman–Crippen LogP) is 3.75. The lowest BCUT2D eigenvalue weighted by molar-refractivity contribution is 0.0469. The topological polar surface area (TPSA) is 90.9 Å². The summed E-state index contributed by atoms with van der Waals surface area (Å²) in [6.07, 6.45) is 0. The number of rotatable bonds is 6. The first-order valence-corrected chi connectivity index (χ1v) is 10.8. The Kier molecular flexibility index (Phi) is 5.77. The van der Waals surface area contributed by atoms with Gasteiger partial charge >= 0.3 is 5.97 Å². The summed E-state index contributed by atoms with van der Waals surface area (Å²) in [5.41, 5.74) is 0.735. The summed E-state index contributed by atoms with van der Waals surface area (Å²) in [5, 5.41) is 0. The van der Waals surface area contributed by atoms with Gasteiger partial charge in [0.1, 0.15) is 25.6 Å². The molecule has 1 heterocycles. The van der Waals surface area contributed by atoms with Crippen LogP contribution < -0.4 is 14.2 Å². The van der Waals surface area contributed by atoms with Crippen molar-refractivity contribution in [3.8, 4) is 11.5 Å². The first-order chi connectivity index (χ1) is 14.9. The summed E-state index contributed by atoms with van der Waals surface area (Å²) in [5.74, 6) is -0.255. The Labute approximate surface area is 178 Å². The fraction of sp³-hybridized carbons (Fsp3) is 0.136. The van der Waals surface area contributed by atoms with Gasteiger partial charge in [0.15, 0.2) is 11.5 Å². The first-order valence-electron chi connectivity index (χ1n) is 9.35. The van der Waals surface area contributed by atoms with Gasteiger partial charge in [-0.1, -0.05) is 18.2 Å². The quantitative estimate of drug-likeness (QED) is 0.584. The highest BCUT2D eigenvalue weighted by Gasteiger charge is 2.20. The standard InChI is InChI=1S/C22H18FNO6S/c23-19-4-2-1-3-16(19)14-30-22(25)15-5-7-17(8-6-15)24-31(26,27)18-9-10-20-21(13-18)29-12-11-28-20/h1-10,13,24H,11-12,14H2. The lowest BCUT2D eigenvalue weighted by Gasteiger charge is -2.19. The molecule has 0 saturated carbocycles. The number of esters is 1. The van der Waals surface area contributed by atoms with Gasteiger partial charge in [-0.3, -0.25) is 4.72 Å². The van der Waals surface area contributed by atoms with Gasteiger partial charge in [0.05, 0.1) is 10.5 Å². The average Bonchev–Trinajstić information content (AvgIpc) is 2.78. The number of carbonyl (C=O) groups excluding carboxylic acids is 1. The van der Waals surface area contributed by atoms with Crippen molar-refractivity contribution in [2.75, 3.05) is 17.9 Å². The zero-order valence-corrected chi connectivity index (χ0v) is 17.0. The number of ether oxygens (including phenoxy) is 3. The van der Waals surface area contributed by atoms with Crippen molar-refractivity contribution in [3.05, 3.63) is 83.7 Å². The smallest absolute Gasteiger partial charge is 0.338 e. The van der Waals surface area contributed by atoms with Crippen LogP contribution in [0, 0.1) is 5.82 Å². The lowest BCUT2D eigenvalue weighted by atomic mass is 10.2. The zero-order valence-electron chi connectivity index (χ0n) is 16.2. The van der Waals surface area contributed by atoms with E-state index in [-0.39, 0.29) is 28.3 Å². The highest BCUT2D eigenvalue weighted by atomic mass is 32.2. The number of hydrogen-bond donors (Lipinski definition) is 1. The van der Waals surface area contributed by atoms with Crippen molar-refractivity contribution in [2.24, 2.45) is 0 Å². The van der Waals surface area contributed by atoms with E-state index in [0.29, 0.717) is 24.7 Å². The molecule has 1 aliphatic rings. The maximum Gasteiger partial charge on any atom is 0.338 e. The van der Waals surface area contributed by atoms with Gasteiger partial charge in [0.2, 0.25) is 0 Å². The molecule has 3 aromatic carbocycles. The number of sulfonamides is 1. The molecular weight excluding hydrogens is 425 g/mol. The van der Waals surface area contributed by atoms with Crippen LogP contribution in [0.1, 0.15) is 15.9 Å². The first kappa shape index (κ1) is 20.7. The van der Waals surface area contributed by atoms with Crippen molar-refractivity contribution >= 4 is 21.7 Å². The van der Waals surface area contributed by atoms with Crippen LogP contribution in [0.4, 0.5) is 10.1 Å². The van der Waals surface area contributed by atoms with Crippen molar-refractivity contribution < 1.29 is 31.8 Å². The molecule has 0 aliphatic carbocycles. The number of nitrogens with one attached hydrogen (secondary N) is 1. The van der Waals surface area contributed by atoms with Crippen LogP contribution in [0.2, 0.25) is 0 Å². The molecule has 31 heavy (non-hydrogen) atoms. The van der Waals surface area contributed by atoms with Crippen LogP contribution in [-0.4, -0.2) is 27.6 Å². The summed E-state index contributed by atoms with van der Waals surface area (Å²) < 4.78 is 57.3. The van der Waals surface area contributed by atoms with Crippen LogP contribution in [0.5, 0.6) is 11.5 Å². The van der Waals surface area contributed by atoms with E-state index in [1.807, 2.05) is 0 Å². The van der Waals surface area contributed by atoms with Gasteiger partial charge < -0.3 is 14.2 Å². The fourth-order valence-electron chi connectivity index (χ4n) is 2.92. The van der Waals surface area contributed by atoms with E-state index in [1.54, 1.807) is 12.1 Å². The van der Waals surface area contributed by atoms with Gasteiger partial charge in [-0.05, 0) is 42.5 Å². The summed E-state index contributed by atoms with van der Waals surface area (Å²) in [6.45, 7) is 0.550. The summed E-state index contributed by atoms with van der Waals surface area (Å²) in [6, 6.07) is 16.1. The van der Waals surface area contributed by atoms with Crippen LogP contribution >= 0.6 is 0 Å². The van der Waals surface area contributed by atoms with E-state index >= 15 is 0 Å². The Balaban J connectivity index is 1.42. The normalized spacial score (nSPS) is 12.8. The Hall–Kier alpha value is -3.59. The molecule has 0 amide bonds. The molecule has 7 nitrogen and oxygen atoms in total. The third kappa shape index (κ3) is 4.77. The van der Waals surface area contributed by atoms with Gasteiger partial charge in [-0.15, -0.1) is 0 Å². The van der Waals surface area contributed by atoms with Crippen LogP contribution in [0.3, 0.4) is 0 Å². The lowest BCUT2D eigenvalue weighted by Crippen LogP contribution is -2.17. The van der Waals surface area contributed by atoms with E-state index in [1.165, 1.54) is 54.6 Å². The van der Waals surface area contributed by atoms with Crippen molar-refractivity contribution in [2.45, 2.75) is 11.5 Å². The van der Waals surface area contributed by atoms with Crippen LogP contribution in [0.15, 0.2) is 71.6 Å². The third-order valence-electron chi connectivity index (χ3n) is 4.51. The van der Waals surface area contributed by atoms with Crippen molar-refractivity contribution in [3.63, 3.8) is 0 Å². The summed E-state index contributed by atoms with van der Waals surface area (Å²) in [4.78, 5) is 12.2. The second kappa shape index (κ2) is 8.65. The molecule has 0 saturated heterocycles. The Morgan fingerprint density at radius 1 is 0.968 bits per heavy atom. The number of carbonyl (C=O) groups is 1. The number of hydrogen-bond acceptors (Lipinski definition) is 6. The molecule has 9 heteroatoms. The molecule has 4 rings (SSSR count). The Morgan fingerprint density at radius 2 is 1.68 bits per heavy atom. The minimum atomic E-state index is -3.87. The van der Waals surface area contributed by atoms with Crippen LogP contribution in [0.25, 0.3) is 0 Å². The van der Waals surface area contributed by atoms with E-state index < -0.39 is 21.8 Å². The van der Waals surface area contributed by atoms with Crippen LogP contribution in [-0.2, 0) is 21.4 Å². The second-order valence-electron chi connectivity index (χ2n) is 6.66. The minimum absolute atomic E-state index is 0.0186. The molecule has 3 aromatic rings. The number of fused-ring (bicyclic) bond motifs is 1. The Morgan fingerprint density at radius 3 is 2.42 bits per heavy atom.